The Bertz CT molecular complexity index is 1340. The van der Waals surface area contributed by atoms with Gasteiger partial charge < -0.3 is 20.5 Å². The second-order valence-corrected chi connectivity index (χ2v) is 11.2. The van der Waals surface area contributed by atoms with Crippen molar-refractivity contribution < 1.29 is 14.4 Å². The third-order valence-electron chi connectivity index (χ3n) is 7.73. The standard InChI is InChI=1S/C30H36N4O3S/c1-3-4-5-10-16-31-28(35)24(15-17-38-2)33-29(36)25-18-22-19-11-8-9-14-23(19)32-26(22)27-20-12-6-7-13-21(20)30(37)34(25)27/h6-9,11-14,24-25,27,32H,3-5,10,15-18H2,1-2H3,(H,31,35)(H,33,36). The molecule has 2 aromatic carbocycles. The molecule has 2 aliphatic rings. The predicted octanol–water partition coefficient (Wildman–Crippen LogP) is 4.57. The maximum Gasteiger partial charge on any atom is 0.255 e. The first kappa shape index (κ1) is 26.4. The molecular formula is C30H36N4O3S. The zero-order valence-corrected chi connectivity index (χ0v) is 22.9. The highest BCUT2D eigenvalue weighted by atomic mass is 32.2. The number of carbonyl (C=O) groups is 3. The van der Waals surface area contributed by atoms with E-state index in [1.807, 2.05) is 48.7 Å². The molecule has 8 heteroatoms. The number of aromatic nitrogens is 1. The molecule has 200 valence electrons. The maximum atomic E-state index is 13.9. The van der Waals surface area contributed by atoms with E-state index in [-0.39, 0.29) is 23.8 Å². The number of nitrogens with zero attached hydrogens (tertiary/aromatic N) is 1. The minimum absolute atomic E-state index is 0.143. The fraction of sp³-hybridized carbons (Fsp3) is 0.433. The van der Waals surface area contributed by atoms with Crippen LogP contribution in [0.4, 0.5) is 0 Å². The minimum Gasteiger partial charge on any atom is -0.356 e. The van der Waals surface area contributed by atoms with Crippen molar-refractivity contribution in [1.29, 1.82) is 0 Å². The van der Waals surface area contributed by atoms with Gasteiger partial charge in [-0.1, -0.05) is 62.6 Å². The lowest BCUT2D eigenvalue weighted by atomic mass is 9.89. The Hall–Kier alpha value is -3.26. The van der Waals surface area contributed by atoms with E-state index in [1.54, 1.807) is 16.7 Å². The number of para-hydroxylation sites is 1. The highest BCUT2D eigenvalue weighted by molar-refractivity contribution is 7.98. The summed E-state index contributed by atoms with van der Waals surface area (Å²) in [6, 6.07) is 14.0. The Morgan fingerprint density at radius 1 is 1.11 bits per heavy atom. The number of rotatable bonds is 11. The van der Waals surface area contributed by atoms with Crippen LogP contribution in [0.15, 0.2) is 48.5 Å². The maximum absolute atomic E-state index is 13.9. The number of H-pyrrole nitrogens is 1. The van der Waals surface area contributed by atoms with Crippen molar-refractivity contribution in [2.24, 2.45) is 0 Å². The summed E-state index contributed by atoms with van der Waals surface area (Å²) >= 11 is 1.65. The molecule has 3 heterocycles. The van der Waals surface area contributed by atoms with E-state index >= 15 is 0 Å². The van der Waals surface area contributed by atoms with Gasteiger partial charge in [0.15, 0.2) is 0 Å². The Morgan fingerprint density at radius 2 is 1.89 bits per heavy atom. The van der Waals surface area contributed by atoms with Crippen LogP contribution < -0.4 is 10.6 Å². The lowest BCUT2D eigenvalue weighted by Gasteiger charge is -2.37. The SMILES string of the molecule is CCCCCCNC(=O)C(CCSC)NC(=O)C1Cc2c([nH]c3ccccc23)C2c3ccccc3C(=O)N12. The van der Waals surface area contributed by atoms with Gasteiger partial charge in [-0.15, -0.1) is 0 Å². The molecule has 3 amide bonds. The molecule has 0 saturated heterocycles. The number of benzene rings is 2. The molecule has 5 rings (SSSR count). The number of fused-ring (bicyclic) bond motifs is 7. The summed E-state index contributed by atoms with van der Waals surface area (Å²) in [7, 11) is 0. The lowest BCUT2D eigenvalue weighted by molar-refractivity contribution is -0.132. The summed E-state index contributed by atoms with van der Waals surface area (Å²) in [5.41, 5.74) is 4.57. The second kappa shape index (κ2) is 11.6. The molecule has 38 heavy (non-hydrogen) atoms. The average Bonchev–Trinajstić information content (AvgIpc) is 3.45. The third kappa shape index (κ3) is 4.94. The predicted molar refractivity (Wildman–Crippen MR) is 152 cm³/mol. The third-order valence-corrected chi connectivity index (χ3v) is 8.37. The lowest BCUT2D eigenvalue weighted by Crippen LogP contribution is -2.56. The van der Waals surface area contributed by atoms with E-state index in [0.717, 1.165) is 59.2 Å². The molecular weight excluding hydrogens is 496 g/mol. The monoisotopic (exact) mass is 532 g/mol. The van der Waals surface area contributed by atoms with Gasteiger partial charge in [0.25, 0.3) is 5.91 Å². The van der Waals surface area contributed by atoms with Crippen LogP contribution in [0.5, 0.6) is 0 Å². The molecule has 7 nitrogen and oxygen atoms in total. The number of nitrogens with one attached hydrogen (secondary N) is 3. The Balaban J connectivity index is 1.42. The van der Waals surface area contributed by atoms with Crippen molar-refractivity contribution in [3.8, 4) is 0 Å². The average molecular weight is 533 g/mol. The molecule has 2 aliphatic heterocycles. The molecule has 3 unspecified atom stereocenters. The summed E-state index contributed by atoms with van der Waals surface area (Å²) in [6.07, 6.45) is 7.22. The van der Waals surface area contributed by atoms with Gasteiger partial charge in [-0.3, -0.25) is 14.4 Å². The van der Waals surface area contributed by atoms with Crippen LogP contribution in [0.1, 0.15) is 72.2 Å². The molecule has 3 aromatic rings. The summed E-state index contributed by atoms with van der Waals surface area (Å²) < 4.78 is 0. The van der Waals surface area contributed by atoms with Crippen molar-refractivity contribution in [1.82, 2.24) is 20.5 Å². The molecule has 3 N–H and O–H groups in total. The highest BCUT2D eigenvalue weighted by Crippen LogP contribution is 2.46. The number of aromatic amines is 1. The van der Waals surface area contributed by atoms with Crippen molar-refractivity contribution >= 4 is 40.4 Å². The zero-order valence-electron chi connectivity index (χ0n) is 22.1. The van der Waals surface area contributed by atoms with Gasteiger partial charge in [0.05, 0.1) is 6.04 Å². The van der Waals surface area contributed by atoms with E-state index in [0.29, 0.717) is 24.9 Å². The van der Waals surface area contributed by atoms with Gasteiger partial charge in [-0.05, 0) is 48.1 Å². The molecule has 1 aromatic heterocycles. The van der Waals surface area contributed by atoms with Gasteiger partial charge in [-0.25, -0.2) is 0 Å². The summed E-state index contributed by atoms with van der Waals surface area (Å²) in [5.74, 6) is 0.179. The zero-order chi connectivity index (χ0) is 26.6. The number of thioether (sulfide) groups is 1. The number of hydrogen-bond acceptors (Lipinski definition) is 4. The van der Waals surface area contributed by atoms with Gasteiger partial charge >= 0.3 is 0 Å². The van der Waals surface area contributed by atoms with E-state index in [4.69, 9.17) is 0 Å². The van der Waals surface area contributed by atoms with Gasteiger partial charge in [0, 0.05) is 35.1 Å². The van der Waals surface area contributed by atoms with Crippen LogP contribution in [-0.2, 0) is 16.0 Å². The molecule has 0 saturated carbocycles. The molecule has 0 radical (unpaired) electrons. The first-order chi connectivity index (χ1) is 18.5. The van der Waals surface area contributed by atoms with E-state index in [2.05, 4.69) is 28.6 Å². The van der Waals surface area contributed by atoms with E-state index in [9.17, 15) is 14.4 Å². The van der Waals surface area contributed by atoms with Crippen molar-refractivity contribution in [3.05, 3.63) is 70.9 Å². The number of unbranched alkanes of at least 4 members (excludes halogenated alkanes) is 3. The first-order valence-corrected chi connectivity index (χ1v) is 15.0. The van der Waals surface area contributed by atoms with Crippen LogP contribution in [0.3, 0.4) is 0 Å². The van der Waals surface area contributed by atoms with Crippen LogP contribution in [0, 0.1) is 0 Å². The number of hydrogen-bond donors (Lipinski definition) is 3. The van der Waals surface area contributed by atoms with E-state index in [1.165, 1.54) is 0 Å². The Kier molecular flexibility index (Phi) is 8.07. The van der Waals surface area contributed by atoms with Gasteiger partial charge in [0.1, 0.15) is 12.1 Å². The number of amides is 3. The molecule has 0 aliphatic carbocycles. The van der Waals surface area contributed by atoms with Gasteiger partial charge in [0.2, 0.25) is 11.8 Å². The van der Waals surface area contributed by atoms with Crippen molar-refractivity contribution in [3.63, 3.8) is 0 Å². The van der Waals surface area contributed by atoms with Crippen LogP contribution in [0.25, 0.3) is 10.9 Å². The first-order valence-electron chi connectivity index (χ1n) is 13.6. The van der Waals surface area contributed by atoms with E-state index < -0.39 is 12.1 Å². The second-order valence-electron chi connectivity index (χ2n) is 10.2. The molecule has 0 fully saturated rings. The number of carbonyl (C=O) groups excluding carboxylic acids is 3. The Labute approximate surface area is 228 Å². The smallest absolute Gasteiger partial charge is 0.255 e. The van der Waals surface area contributed by atoms with Crippen molar-refractivity contribution in [2.75, 3.05) is 18.6 Å². The molecule has 0 spiro atoms. The van der Waals surface area contributed by atoms with Crippen LogP contribution in [-0.4, -0.2) is 58.2 Å². The summed E-state index contributed by atoms with van der Waals surface area (Å²) in [6.45, 7) is 2.76. The molecule has 3 atom stereocenters. The fourth-order valence-corrected chi connectivity index (χ4v) is 6.27. The van der Waals surface area contributed by atoms with Crippen molar-refractivity contribution in [2.45, 2.75) is 63.6 Å². The quantitative estimate of drug-likeness (QED) is 0.315. The highest BCUT2D eigenvalue weighted by Gasteiger charge is 2.49. The summed E-state index contributed by atoms with van der Waals surface area (Å²) in [5, 5.41) is 7.12. The largest absolute Gasteiger partial charge is 0.356 e. The van der Waals surface area contributed by atoms with Crippen LogP contribution >= 0.6 is 11.8 Å². The fourth-order valence-electron chi connectivity index (χ4n) is 5.80. The summed E-state index contributed by atoms with van der Waals surface area (Å²) in [4.78, 5) is 45.9. The van der Waals surface area contributed by atoms with Crippen LogP contribution in [0.2, 0.25) is 0 Å². The normalized spacial score (nSPS) is 18.6. The Morgan fingerprint density at radius 3 is 2.71 bits per heavy atom. The molecule has 0 bridgehead atoms. The minimum atomic E-state index is -0.708. The van der Waals surface area contributed by atoms with Gasteiger partial charge in [-0.2, -0.15) is 11.8 Å². The topological polar surface area (TPSA) is 94.3 Å².